The van der Waals surface area contributed by atoms with Gasteiger partial charge in [0.25, 0.3) is 5.91 Å². The van der Waals surface area contributed by atoms with Gasteiger partial charge in [-0.15, -0.1) is 0 Å². The third-order valence-corrected chi connectivity index (χ3v) is 3.79. The maximum atomic E-state index is 12.1. The van der Waals surface area contributed by atoms with E-state index in [-0.39, 0.29) is 12.0 Å². The maximum Gasteiger partial charge on any atom is 0.269 e. The summed E-state index contributed by atoms with van der Waals surface area (Å²) in [5, 5.41) is 14.9. The highest BCUT2D eigenvalue weighted by atomic mass is 16.5. The molecular weight excluding hydrogens is 304 g/mol. The fraction of sp³-hybridized carbons (Fsp3) is 0.278. The molecule has 1 amide bonds. The molecule has 1 fully saturated rings. The van der Waals surface area contributed by atoms with Crippen molar-refractivity contribution in [3.05, 3.63) is 53.9 Å². The van der Waals surface area contributed by atoms with Gasteiger partial charge in [-0.25, -0.2) is 4.98 Å². The Hall–Kier alpha value is -2.91. The number of rotatable bonds is 5. The van der Waals surface area contributed by atoms with E-state index < -0.39 is 0 Å². The van der Waals surface area contributed by atoms with Crippen LogP contribution in [0.2, 0.25) is 0 Å². The zero-order valence-corrected chi connectivity index (χ0v) is 13.2. The molecule has 1 aliphatic heterocycles. The lowest BCUT2D eigenvalue weighted by Crippen LogP contribution is -2.32. The Morgan fingerprint density at radius 2 is 2.25 bits per heavy atom. The molecule has 122 valence electrons. The molecule has 2 N–H and O–H groups in total. The molecule has 1 atom stereocenters. The number of aromatic nitrogens is 1. The summed E-state index contributed by atoms with van der Waals surface area (Å²) < 4.78 is 5.48. The largest absolute Gasteiger partial charge is 0.376 e. The molecule has 0 radical (unpaired) electrons. The zero-order chi connectivity index (χ0) is 16.8. The summed E-state index contributed by atoms with van der Waals surface area (Å²) in [6.07, 6.45) is 3.74. The second-order valence-electron chi connectivity index (χ2n) is 5.59. The first-order chi connectivity index (χ1) is 11.7. The van der Waals surface area contributed by atoms with Crippen molar-refractivity contribution in [3.63, 3.8) is 0 Å². The molecule has 1 unspecified atom stereocenters. The van der Waals surface area contributed by atoms with Gasteiger partial charge in [-0.2, -0.15) is 5.26 Å². The standard InChI is InChI=1S/C18H18N4O2/c19-10-13-3-1-4-14(9-13)22-15-6-7-17(20-11-15)18(23)21-12-16-5-2-8-24-16/h1,3-4,6-7,9,11,16,22H,2,5,8,12H2,(H,21,23). The number of ether oxygens (including phenoxy) is 1. The fourth-order valence-electron chi connectivity index (χ4n) is 2.54. The predicted octanol–water partition coefficient (Wildman–Crippen LogP) is 2.61. The number of hydrogen-bond acceptors (Lipinski definition) is 5. The molecule has 0 bridgehead atoms. The smallest absolute Gasteiger partial charge is 0.269 e. The van der Waals surface area contributed by atoms with Gasteiger partial charge in [0.2, 0.25) is 0 Å². The van der Waals surface area contributed by atoms with Crippen LogP contribution in [-0.4, -0.2) is 30.1 Å². The SMILES string of the molecule is N#Cc1cccc(Nc2ccc(C(=O)NCC3CCCO3)nc2)c1. The summed E-state index contributed by atoms with van der Waals surface area (Å²) in [5.41, 5.74) is 2.50. The Morgan fingerprint density at radius 3 is 2.96 bits per heavy atom. The van der Waals surface area contributed by atoms with Crippen LogP contribution in [0.5, 0.6) is 0 Å². The molecule has 6 heteroatoms. The number of hydrogen-bond donors (Lipinski definition) is 2. The first kappa shape index (κ1) is 16.0. The van der Waals surface area contributed by atoms with E-state index in [1.54, 1.807) is 36.5 Å². The minimum atomic E-state index is -0.205. The second kappa shape index (κ2) is 7.57. The van der Waals surface area contributed by atoms with Gasteiger partial charge >= 0.3 is 0 Å². The van der Waals surface area contributed by atoms with E-state index in [0.29, 0.717) is 17.8 Å². The van der Waals surface area contributed by atoms with Crippen LogP contribution in [0.15, 0.2) is 42.6 Å². The number of nitriles is 1. The van der Waals surface area contributed by atoms with Gasteiger partial charge in [0.15, 0.2) is 0 Å². The normalized spacial score (nSPS) is 16.4. The number of anilines is 2. The third-order valence-electron chi connectivity index (χ3n) is 3.79. The molecule has 1 saturated heterocycles. The molecule has 0 saturated carbocycles. The molecule has 2 heterocycles. The summed E-state index contributed by atoms with van der Waals surface area (Å²) in [7, 11) is 0. The van der Waals surface area contributed by atoms with Crippen molar-refractivity contribution in [2.75, 3.05) is 18.5 Å². The zero-order valence-electron chi connectivity index (χ0n) is 13.2. The number of pyridine rings is 1. The third kappa shape index (κ3) is 4.09. The fourth-order valence-corrected chi connectivity index (χ4v) is 2.54. The van der Waals surface area contributed by atoms with Crippen molar-refractivity contribution in [3.8, 4) is 6.07 Å². The van der Waals surface area contributed by atoms with E-state index in [2.05, 4.69) is 21.7 Å². The molecule has 2 aromatic rings. The Morgan fingerprint density at radius 1 is 1.33 bits per heavy atom. The van der Waals surface area contributed by atoms with E-state index in [1.165, 1.54) is 0 Å². The van der Waals surface area contributed by atoms with E-state index >= 15 is 0 Å². The van der Waals surface area contributed by atoms with Gasteiger partial charge in [0, 0.05) is 18.8 Å². The first-order valence-corrected chi connectivity index (χ1v) is 7.87. The van der Waals surface area contributed by atoms with Gasteiger partial charge in [-0.1, -0.05) is 6.07 Å². The highest BCUT2D eigenvalue weighted by Crippen LogP contribution is 2.17. The minimum absolute atomic E-state index is 0.113. The average Bonchev–Trinajstić information content (AvgIpc) is 3.14. The van der Waals surface area contributed by atoms with Crippen LogP contribution in [-0.2, 0) is 4.74 Å². The quantitative estimate of drug-likeness (QED) is 0.883. The Labute approximate surface area is 140 Å². The van der Waals surface area contributed by atoms with Crippen LogP contribution < -0.4 is 10.6 Å². The molecule has 24 heavy (non-hydrogen) atoms. The van der Waals surface area contributed by atoms with Crippen LogP contribution in [0.25, 0.3) is 0 Å². The lowest BCUT2D eigenvalue weighted by molar-refractivity contribution is 0.0854. The highest BCUT2D eigenvalue weighted by Gasteiger charge is 2.17. The molecular formula is C18H18N4O2. The minimum Gasteiger partial charge on any atom is -0.376 e. The number of nitrogens with one attached hydrogen (secondary N) is 2. The summed E-state index contributed by atoms with van der Waals surface area (Å²) in [6, 6.07) is 12.7. The van der Waals surface area contributed by atoms with Crippen molar-refractivity contribution in [2.24, 2.45) is 0 Å². The highest BCUT2D eigenvalue weighted by molar-refractivity contribution is 5.92. The molecule has 0 spiro atoms. The van der Waals surface area contributed by atoms with Gasteiger partial charge in [0.1, 0.15) is 5.69 Å². The summed E-state index contributed by atoms with van der Waals surface area (Å²) in [5.74, 6) is -0.205. The predicted molar refractivity (Wildman–Crippen MR) is 90.0 cm³/mol. The second-order valence-corrected chi connectivity index (χ2v) is 5.59. The molecule has 1 aliphatic rings. The maximum absolute atomic E-state index is 12.1. The summed E-state index contributed by atoms with van der Waals surface area (Å²) in [4.78, 5) is 16.3. The van der Waals surface area contributed by atoms with E-state index in [4.69, 9.17) is 10.00 Å². The number of nitrogens with zero attached hydrogens (tertiary/aromatic N) is 2. The first-order valence-electron chi connectivity index (χ1n) is 7.87. The molecule has 6 nitrogen and oxygen atoms in total. The Bertz CT molecular complexity index is 746. The molecule has 1 aromatic carbocycles. The van der Waals surface area contributed by atoms with E-state index in [1.807, 2.05) is 6.07 Å². The Kier molecular flexibility index (Phi) is 5.04. The number of carbonyl (C=O) groups excluding carboxylic acids is 1. The van der Waals surface area contributed by atoms with Crippen LogP contribution >= 0.6 is 0 Å². The monoisotopic (exact) mass is 322 g/mol. The lowest BCUT2D eigenvalue weighted by atomic mass is 10.2. The van der Waals surface area contributed by atoms with E-state index in [9.17, 15) is 4.79 Å². The summed E-state index contributed by atoms with van der Waals surface area (Å²) in [6.45, 7) is 1.29. The topological polar surface area (TPSA) is 87.0 Å². The van der Waals surface area contributed by atoms with Gasteiger partial charge < -0.3 is 15.4 Å². The van der Waals surface area contributed by atoms with Crippen molar-refractivity contribution in [1.82, 2.24) is 10.3 Å². The van der Waals surface area contributed by atoms with Crippen molar-refractivity contribution < 1.29 is 9.53 Å². The molecule has 1 aromatic heterocycles. The number of carbonyl (C=O) groups is 1. The van der Waals surface area contributed by atoms with E-state index in [0.717, 1.165) is 30.8 Å². The van der Waals surface area contributed by atoms with Gasteiger partial charge in [0.05, 0.1) is 29.6 Å². The van der Waals surface area contributed by atoms with Crippen LogP contribution in [0.4, 0.5) is 11.4 Å². The molecule has 3 rings (SSSR count). The van der Waals surface area contributed by atoms with Crippen LogP contribution in [0.1, 0.15) is 28.9 Å². The molecule has 0 aliphatic carbocycles. The van der Waals surface area contributed by atoms with Crippen molar-refractivity contribution >= 4 is 17.3 Å². The van der Waals surface area contributed by atoms with Crippen molar-refractivity contribution in [1.29, 1.82) is 5.26 Å². The number of benzene rings is 1. The van der Waals surface area contributed by atoms with Gasteiger partial charge in [-0.3, -0.25) is 4.79 Å². The van der Waals surface area contributed by atoms with Gasteiger partial charge in [-0.05, 0) is 43.2 Å². The van der Waals surface area contributed by atoms with Crippen LogP contribution in [0, 0.1) is 11.3 Å². The number of amides is 1. The van der Waals surface area contributed by atoms with Crippen LogP contribution in [0.3, 0.4) is 0 Å². The van der Waals surface area contributed by atoms with Crippen molar-refractivity contribution in [2.45, 2.75) is 18.9 Å². The Balaban J connectivity index is 1.58. The average molecular weight is 322 g/mol. The lowest BCUT2D eigenvalue weighted by Gasteiger charge is -2.11. The summed E-state index contributed by atoms with van der Waals surface area (Å²) >= 11 is 0.